The predicted molar refractivity (Wildman–Crippen MR) is 215 cm³/mol. The number of hydrogen-bond donors (Lipinski definition) is 2. The second-order valence-corrected chi connectivity index (χ2v) is 15.7. The lowest BCUT2D eigenvalue weighted by Crippen LogP contribution is -2.37. The fourth-order valence-electron chi connectivity index (χ4n) is 7.23. The smallest absolute Gasteiger partial charge is 0.220 e. The summed E-state index contributed by atoms with van der Waals surface area (Å²) in [5.41, 5.74) is 0. The monoisotopic (exact) mass is 692 g/mol. The number of ketones is 1. The summed E-state index contributed by atoms with van der Waals surface area (Å²) in [5, 5.41) is 12.8. The van der Waals surface area contributed by atoms with Gasteiger partial charge in [-0.05, 0) is 25.7 Å². The van der Waals surface area contributed by atoms with Crippen LogP contribution >= 0.6 is 0 Å². The third kappa shape index (κ3) is 39.7. The van der Waals surface area contributed by atoms with E-state index >= 15 is 0 Å². The summed E-state index contributed by atoms with van der Waals surface area (Å²) in [6.45, 7) is 4.61. The topological polar surface area (TPSA) is 66.4 Å². The minimum Gasteiger partial charge on any atom is -0.394 e. The maximum Gasteiger partial charge on any atom is 0.220 e. The van der Waals surface area contributed by atoms with Crippen molar-refractivity contribution in [1.29, 1.82) is 0 Å². The highest BCUT2D eigenvalue weighted by Crippen LogP contribution is 2.16. The van der Waals surface area contributed by atoms with E-state index in [9.17, 15) is 14.7 Å². The zero-order chi connectivity index (χ0) is 35.7. The van der Waals surface area contributed by atoms with E-state index in [2.05, 4.69) is 19.2 Å². The highest BCUT2D eigenvalue weighted by atomic mass is 16.3. The van der Waals surface area contributed by atoms with Crippen molar-refractivity contribution < 1.29 is 14.7 Å². The minimum atomic E-state index is -0.0679. The van der Waals surface area contributed by atoms with E-state index in [0.29, 0.717) is 12.2 Å². The molecule has 0 aromatic heterocycles. The van der Waals surface area contributed by atoms with E-state index in [1.165, 1.54) is 193 Å². The van der Waals surface area contributed by atoms with E-state index in [1.807, 2.05) is 0 Å². The fourth-order valence-corrected chi connectivity index (χ4v) is 7.23. The van der Waals surface area contributed by atoms with Crippen molar-refractivity contribution >= 4 is 11.7 Å². The second kappa shape index (κ2) is 41.5. The zero-order valence-electron chi connectivity index (χ0n) is 33.6. The molecule has 0 spiro atoms. The number of Topliss-reactive ketones (excluding diaryl/α,β-unsaturated/α-hetero) is 1. The van der Waals surface area contributed by atoms with Crippen LogP contribution in [0.5, 0.6) is 0 Å². The van der Waals surface area contributed by atoms with E-state index in [0.717, 1.165) is 51.4 Å². The summed E-state index contributed by atoms with van der Waals surface area (Å²) in [6, 6.07) is -0.0679. The average Bonchev–Trinajstić information content (AvgIpc) is 3.10. The maximum absolute atomic E-state index is 12.4. The summed E-state index contributed by atoms with van der Waals surface area (Å²) >= 11 is 0. The van der Waals surface area contributed by atoms with Gasteiger partial charge in [0.05, 0.1) is 12.6 Å². The standard InChI is InChI=1S/C45H89NO3/c1-3-5-7-9-11-13-14-15-16-19-23-26-30-34-38-43(42-47)46-45(49)41-37-33-29-25-21-18-17-20-24-28-32-36-40-44(48)39-35-31-27-22-12-10-8-6-4-2/h43,47H,3-42H2,1-2H3,(H,46,49). The molecule has 0 aromatic rings. The van der Waals surface area contributed by atoms with Crippen molar-refractivity contribution in [3.05, 3.63) is 0 Å². The van der Waals surface area contributed by atoms with Gasteiger partial charge >= 0.3 is 0 Å². The molecule has 0 fully saturated rings. The summed E-state index contributed by atoms with van der Waals surface area (Å²) in [6.07, 6.45) is 48.7. The number of nitrogens with one attached hydrogen (secondary N) is 1. The molecular weight excluding hydrogens is 602 g/mol. The van der Waals surface area contributed by atoms with Gasteiger partial charge in [0.2, 0.25) is 5.91 Å². The molecule has 1 unspecified atom stereocenters. The second-order valence-electron chi connectivity index (χ2n) is 15.7. The van der Waals surface area contributed by atoms with Crippen LogP contribution in [0, 0.1) is 0 Å². The number of amides is 1. The van der Waals surface area contributed by atoms with Crippen LogP contribution in [-0.4, -0.2) is 29.4 Å². The summed E-state index contributed by atoms with van der Waals surface area (Å²) in [4.78, 5) is 24.5. The molecule has 292 valence electrons. The number of unbranched alkanes of at least 4 members (excludes halogenated alkanes) is 32. The van der Waals surface area contributed by atoms with Crippen molar-refractivity contribution in [2.45, 2.75) is 270 Å². The lowest BCUT2D eigenvalue weighted by atomic mass is 10.0. The van der Waals surface area contributed by atoms with Crippen LogP contribution in [0.3, 0.4) is 0 Å². The van der Waals surface area contributed by atoms with Crippen molar-refractivity contribution in [3.63, 3.8) is 0 Å². The molecule has 2 N–H and O–H groups in total. The maximum atomic E-state index is 12.4. The number of carbonyl (C=O) groups excluding carboxylic acids is 2. The Morgan fingerprint density at radius 1 is 0.388 bits per heavy atom. The Hall–Kier alpha value is -0.900. The van der Waals surface area contributed by atoms with Crippen LogP contribution in [0.2, 0.25) is 0 Å². The van der Waals surface area contributed by atoms with Crippen LogP contribution in [0.4, 0.5) is 0 Å². The molecule has 0 saturated carbocycles. The lowest BCUT2D eigenvalue weighted by Gasteiger charge is -2.16. The number of hydrogen-bond acceptors (Lipinski definition) is 3. The molecule has 1 amide bonds. The molecule has 0 saturated heterocycles. The quantitative estimate of drug-likeness (QED) is 0.0626. The Morgan fingerprint density at radius 2 is 0.653 bits per heavy atom. The highest BCUT2D eigenvalue weighted by Gasteiger charge is 2.11. The first-order chi connectivity index (χ1) is 24.1. The number of aliphatic hydroxyl groups excluding tert-OH is 1. The minimum absolute atomic E-state index is 0.0588. The molecule has 4 heteroatoms. The molecule has 0 rings (SSSR count). The summed E-state index contributed by atoms with van der Waals surface area (Å²) in [7, 11) is 0. The number of carbonyl (C=O) groups is 2. The predicted octanol–water partition coefficient (Wildman–Crippen LogP) is 14.3. The fraction of sp³-hybridized carbons (Fsp3) is 0.956. The molecule has 49 heavy (non-hydrogen) atoms. The molecule has 0 radical (unpaired) electrons. The summed E-state index contributed by atoms with van der Waals surface area (Å²) in [5.74, 6) is 0.612. The highest BCUT2D eigenvalue weighted by molar-refractivity contribution is 5.78. The molecular formula is C45H89NO3. The van der Waals surface area contributed by atoms with Gasteiger partial charge in [0.15, 0.2) is 0 Å². The molecule has 0 aliphatic rings. The van der Waals surface area contributed by atoms with Crippen LogP contribution in [0.1, 0.15) is 264 Å². The summed E-state index contributed by atoms with van der Waals surface area (Å²) < 4.78 is 0. The average molecular weight is 692 g/mol. The first kappa shape index (κ1) is 48.1. The first-order valence-corrected chi connectivity index (χ1v) is 22.6. The molecule has 0 aliphatic carbocycles. The third-order valence-electron chi connectivity index (χ3n) is 10.7. The normalized spacial score (nSPS) is 12.1. The van der Waals surface area contributed by atoms with Crippen molar-refractivity contribution in [3.8, 4) is 0 Å². The van der Waals surface area contributed by atoms with E-state index in [4.69, 9.17) is 0 Å². The SMILES string of the molecule is CCCCCCCCCCCCCCCCC(CO)NC(=O)CCCCCCCCCCCCCCC(=O)CCCCCCCCCCC. The van der Waals surface area contributed by atoms with Gasteiger partial charge in [-0.1, -0.05) is 219 Å². The molecule has 0 aromatic carbocycles. The van der Waals surface area contributed by atoms with Gasteiger partial charge in [-0.2, -0.15) is 0 Å². The Kier molecular flexibility index (Phi) is 40.8. The lowest BCUT2D eigenvalue weighted by molar-refractivity contribution is -0.122. The molecule has 0 heterocycles. The largest absolute Gasteiger partial charge is 0.394 e. The van der Waals surface area contributed by atoms with E-state index in [-0.39, 0.29) is 18.6 Å². The van der Waals surface area contributed by atoms with Crippen LogP contribution in [-0.2, 0) is 9.59 Å². The van der Waals surface area contributed by atoms with Gasteiger partial charge in [0, 0.05) is 19.3 Å². The van der Waals surface area contributed by atoms with Gasteiger partial charge in [-0.15, -0.1) is 0 Å². The molecule has 0 aliphatic heterocycles. The van der Waals surface area contributed by atoms with Crippen LogP contribution in [0.25, 0.3) is 0 Å². The van der Waals surface area contributed by atoms with Crippen LogP contribution in [0.15, 0.2) is 0 Å². The first-order valence-electron chi connectivity index (χ1n) is 22.6. The Labute approximate surface area is 307 Å². The molecule has 4 nitrogen and oxygen atoms in total. The van der Waals surface area contributed by atoms with Crippen molar-refractivity contribution in [1.82, 2.24) is 5.32 Å². The Bertz CT molecular complexity index is 666. The van der Waals surface area contributed by atoms with Gasteiger partial charge in [0.1, 0.15) is 5.78 Å². The van der Waals surface area contributed by atoms with Crippen molar-refractivity contribution in [2.24, 2.45) is 0 Å². The number of aliphatic hydroxyl groups is 1. The Balaban J connectivity index is 3.39. The molecule has 1 atom stereocenters. The van der Waals surface area contributed by atoms with Crippen LogP contribution < -0.4 is 5.32 Å². The number of rotatable bonds is 42. The third-order valence-corrected chi connectivity index (χ3v) is 10.7. The van der Waals surface area contributed by atoms with Gasteiger partial charge in [-0.3, -0.25) is 9.59 Å². The van der Waals surface area contributed by atoms with Gasteiger partial charge < -0.3 is 10.4 Å². The van der Waals surface area contributed by atoms with E-state index in [1.54, 1.807) is 0 Å². The van der Waals surface area contributed by atoms with Gasteiger partial charge in [-0.25, -0.2) is 0 Å². The van der Waals surface area contributed by atoms with Crippen molar-refractivity contribution in [2.75, 3.05) is 6.61 Å². The van der Waals surface area contributed by atoms with Gasteiger partial charge in [0.25, 0.3) is 0 Å². The van der Waals surface area contributed by atoms with E-state index < -0.39 is 0 Å². The zero-order valence-corrected chi connectivity index (χ0v) is 33.6. The Morgan fingerprint density at radius 3 is 0.959 bits per heavy atom. The molecule has 0 bridgehead atoms.